The summed E-state index contributed by atoms with van der Waals surface area (Å²) in [7, 11) is -3.41. The molecule has 116 valence electrons. The molecule has 1 aliphatic heterocycles. The second-order valence-electron chi connectivity index (χ2n) is 5.71. The highest BCUT2D eigenvalue weighted by atomic mass is 32.2. The minimum Gasteiger partial charge on any atom is -0.361 e. The van der Waals surface area contributed by atoms with E-state index in [1.165, 1.54) is 10.6 Å². The summed E-state index contributed by atoms with van der Waals surface area (Å²) < 4.78 is 26.4. The number of para-hydroxylation sites is 2. The monoisotopic (exact) mass is 324 g/mol. The molecule has 0 saturated heterocycles. The Labute approximate surface area is 135 Å². The van der Waals surface area contributed by atoms with Gasteiger partial charge in [0, 0.05) is 22.7 Å². The number of fused-ring (bicyclic) bond motifs is 2. The Morgan fingerprint density at radius 2 is 1.78 bits per heavy atom. The largest absolute Gasteiger partial charge is 0.361 e. The lowest BCUT2D eigenvalue weighted by molar-refractivity contribution is 0.592. The Kier molecular flexibility index (Phi) is 3.06. The van der Waals surface area contributed by atoms with E-state index in [1.54, 1.807) is 0 Å². The van der Waals surface area contributed by atoms with Crippen LogP contribution in [0.3, 0.4) is 0 Å². The molecular weight excluding hydrogens is 308 g/mol. The van der Waals surface area contributed by atoms with Gasteiger partial charge < -0.3 is 4.98 Å². The van der Waals surface area contributed by atoms with Gasteiger partial charge in [-0.3, -0.25) is 4.31 Å². The van der Waals surface area contributed by atoms with Crippen molar-refractivity contribution in [1.82, 2.24) is 4.98 Å². The fourth-order valence-corrected chi connectivity index (χ4v) is 4.33. The molecular formula is C18H16N2O2S. The van der Waals surface area contributed by atoms with Crippen LogP contribution in [-0.4, -0.2) is 19.7 Å². The quantitative estimate of drug-likeness (QED) is 0.781. The normalized spacial score (nSPS) is 17.4. The fraction of sp³-hybridized carbons (Fsp3) is 0.111. The van der Waals surface area contributed by atoms with E-state index in [4.69, 9.17) is 0 Å². The Balaban J connectivity index is 1.95. The topological polar surface area (TPSA) is 53.2 Å². The summed E-state index contributed by atoms with van der Waals surface area (Å²) in [4.78, 5) is 3.23. The zero-order chi connectivity index (χ0) is 16.0. The standard InChI is InChI=1S/C18H16N2O2S/c1-23(21,22)20-17-9-5-2-6-13(17)10-11-18(20)15-12-19-16-8-4-3-7-14(15)16/h2-12,18-19H,1H3/t18-/m1/s1. The van der Waals surface area contributed by atoms with Crippen LogP contribution in [0.5, 0.6) is 0 Å². The lowest BCUT2D eigenvalue weighted by atomic mass is 9.99. The summed E-state index contributed by atoms with van der Waals surface area (Å²) in [5.41, 5.74) is 3.58. The predicted molar refractivity (Wildman–Crippen MR) is 93.8 cm³/mol. The molecule has 23 heavy (non-hydrogen) atoms. The van der Waals surface area contributed by atoms with Gasteiger partial charge in [-0.2, -0.15) is 0 Å². The number of benzene rings is 2. The Bertz CT molecular complexity index is 1020. The molecule has 0 saturated carbocycles. The molecule has 1 aromatic heterocycles. The molecule has 0 spiro atoms. The number of rotatable bonds is 2. The molecule has 4 nitrogen and oxygen atoms in total. The average molecular weight is 324 g/mol. The molecule has 1 aliphatic rings. The van der Waals surface area contributed by atoms with Gasteiger partial charge in [0.2, 0.25) is 10.0 Å². The van der Waals surface area contributed by atoms with Crippen molar-refractivity contribution in [2.45, 2.75) is 6.04 Å². The van der Waals surface area contributed by atoms with Gasteiger partial charge >= 0.3 is 0 Å². The first-order chi connectivity index (χ1) is 11.1. The van der Waals surface area contributed by atoms with Crippen LogP contribution >= 0.6 is 0 Å². The van der Waals surface area contributed by atoms with Gasteiger partial charge in [0.15, 0.2) is 0 Å². The zero-order valence-corrected chi connectivity index (χ0v) is 13.4. The van der Waals surface area contributed by atoms with Crippen molar-refractivity contribution < 1.29 is 8.42 Å². The fourth-order valence-electron chi connectivity index (χ4n) is 3.21. The summed E-state index contributed by atoms with van der Waals surface area (Å²) in [5.74, 6) is 0. The first-order valence-electron chi connectivity index (χ1n) is 7.38. The third kappa shape index (κ3) is 2.24. The first kappa shape index (κ1) is 14.1. The molecule has 2 heterocycles. The van der Waals surface area contributed by atoms with Crippen LogP contribution in [0.1, 0.15) is 17.2 Å². The Morgan fingerprint density at radius 1 is 1.04 bits per heavy atom. The van der Waals surface area contributed by atoms with Gasteiger partial charge in [0.05, 0.1) is 18.0 Å². The third-order valence-corrected chi connectivity index (χ3v) is 5.32. The molecule has 1 atom stereocenters. The van der Waals surface area contributed by atoms with E-state index >= 15 is 0 Å². The maximum atomic E-state index is 12.5. The van der Waals surface area contributed by atoms with Crippen molar-refractivity contribution in [1.29, 1.82) is 0 Å². The maximum absolute atomic E-state index is 12.5. The summed E-state index contributed by atoms with van der Waals surface area (Å²) in [5, 5.41) is 1.04. The maximum Gasteiger partial charge on any atom is 0.233 e. The number of nitrogens with one attached hydrogen (secondary N) is 1. The molecule has 0 amide bonds. The summed E-state index contributed by atoms with van der Waals surface area (Å²) in [6.07, 6.45) is 7.08. The Morgan fingerprint density at radius 3 is 2.61 bits per heavy atom. The summed E-state index contributed by atoms with van der Waals surface area (Å²) in [6.45, 7) is 0. The van der Waals surface area contributed by atoms with Crippen molar-refractivity contribution >= 4 is 32.7 Å². The van der Waals surface area contributed by atoms with Crippen LogP contribution in [-0.2, 0) is 10.0 Å². The van der Waals surface area contributed by atoms with Crippen molar-refractivity contribution in [3.63, 3.8) is 0 Å². The van der Waals surface area contributed by atoms with Gasteiger partial charge in [0.25, 0.3) is 0 Å². The molecule has 0 bridgehead atoms. The van der Waals surface area contributed by atoms with E-state index in [1.807, 2.05) is 66.9 Å². The summed E-state index contributed by atoms with van der Waals surface area (Å²) >= 11 is 0. The van der Waals surface area contributed by atoms with E-state index < -0.39 is 10.0 Å². The minimum absolute atomic E-state index is 0.351. The second-order valence-corrected chi connectivity index (χ2v) is 7.57. The Hall–Kier alpha value is -2.53. The smallest absolute Gasteiger partial charge is 0.233 e. The van der Waals surface area contributed by atoms with Crippen LogP contribution < -0.4 is 4.31 Å². The number of aromatic nitrogens is 1. The van der Waals surface area contributed by atoms with Gasteiger partial charge in [-0.25, -0.2) is 8.42 Å². The van der Waals surface area contributed by atoms with Gasteiger partial charge in [-0.1, -0.05) is 48.6 Å². The number of sulfonamides is 1. The number of anilines is 1. The SMILES string of the molecule is CS(=O)(=O)N1c2ccccc2C=C[C@@H]1c1c[nH]c2ccccc12. The van der Waals surface area contributed by atoms with E-state index in [-0.39, 0.29) is 6.04 Å². The highest BCUT2D eigenvalue weighted by Gasteiger charge is 2.31. The van der Waals surface area contributed by atoms with Crippen molar-refractivity contribution in [2.75, 3.05) is 10.6 Å². The van der Waals surface area contributed by atoms with E-state index in [2.05, 4.69) is 4.98 Å². The average Bonchev–Trinajstić information content (AvgIpc) is 2.96. The van der Waals surface area contributed by atoms with E-state index in [9.17, 15) is 8.42 Å². The summed E-state index contributed by atoms with van der Waals surface area (Å²) in [6, 6.07) is 15.1. The molecule has 5 heteroatoms. The van der Waals surface area contributed by atoms with Crippen LogP contribution in [0.25, 0.3) is 17.0 Å². The lowest BCUT2D eigenvalue weighted by Crippen LogP contribution is -2.35. The van der Waals surface area contributed by atoms with Crippen molar-refractivity contribution in [3.8, 4) is 0 Å². The zero-order valence-electron chi connectivity index (χ0n) is 12.6. The van der Waals surface area contributed by atoms with E-state index in [0.29, 0.717) is 5.69 Å². The molecule has 2 aromatic carbocycles. The third-order valence-electron chi connectivity index (χ3n) is 4.18. The van der Waals surface area contributed by atoms with Crippen molar-refractivity contribution in [2.24, 2.45) is 0 Å². The number of H-pyrrole nitrogens is 1. The lowest BCUT2D eigenvalue weighted by Gasteiger charge is -2.33. The molecule has 3 aromatic rings. The van der Waals surface area contributed by atoms with Crippen molar-refractivity contribution in [3.05, 3.63) is 71.9 Å². The van der Waals surface area contributed by atoms with E-state index in [0.717, 1.165) is 22.0 Å². The van der Waals surface area contributed by atoms with Crippen LogP contribution in [0.4, 0.5) is 5.69 Å². The molecule has 4 rings (SSSR count). The highest BCUT2D eigenvalue weighted by Crippen LogP contribution is 2.40. The number of aromatic amines is 1. The first-order valence-corrected chi connectivity index (χ1v) is 9.23. The number of nitrogens with zero attached hydrogens (tertiary/aromatic N) is 1. The van der Waals surface area contributed by atoms with Crippen LogP contribution in [0, 0.1) is 0 Å². The molecule has 0 unspecified atom stereocenters. The van der Waals surface area contributed by atoms with Crippen LogP contribution in [0.2, 0.25) is 0 Å². The molecule has 0 fully saturated rings. The number of hydrogen-bond acceptors (Lipinski definition) is 2. The van der Waals surface area contributed by atoms with Crippen LogP contribution in [0.15, 0.2) is 60.8 Å². The predicted octanol–water partition coefficient (Wildman–Crippen LogP) is 3.70. The molecule has 0 radical (unpaired) electrons. The minimum atomic E-state index is -3.41. The van der Waals surface area contributed by atoms with Gasteiger partial charge in [0.1, 0.15) is 0 Å². The molecule has 0 aliphatic carbocycles. The molecule has 1 N–H and O–H groups in total. The van der Waals surface area contributed by atoms with Gasteiger partial charge in [-0.15, -0.1) is 0 Å². The van der Waals surface area contributed by atoms with Gasteiger partial charge in [-0.05, 0) is 17.7 Å². The second kappa shape index (κ2) is 4.99. The highest BCUT2D eigenvalue weighted by molar-refractivity contribution is 7.92. The number of hydrogen-bond donors (Lipinski definition) is 1.